The molecule has 6 nitrogen and oxygen atoms in total. The van der Waals surface area contributed by atoms with Gasteiger partial charge in [0, 0.05) is 12.5 Å². The van der Waals surface area contributed by atoms with E-state index in [9.17, 15) is 13.2 Å². The lowest BCUT2D eigenvalue weighted by Gasteiger charge is -2.38. The molecule has 0 aromatic heterocycles. The van der Waals surface area contributed by atoms with Crippen molar-refractivity contribution in [3.8, 4) is 0 Å². The minimum Gasteiger partial charge on any atom is -0.379 e. The SMILES string of the molecule is O=C(C1CS(=O)(=O)C1)N1CC2(CCNCC2)[C@H]2COC[C@H]21. The van der Waals surface area contributed by atoms with Gasteiger partial charge in [0.2, 0.25) is 5.91 Å². The smallest absolute Gasteiger partial charge is 0.228 e. The van der Waals surface area contributed by atoms with Gasteiger partial charge < -0.3 is 15.0 Å². The summed E-state index contributed by atoms with van der Waals surface area (Å²) in [6.45, 7) is 4.16. The summed E-state index contributed by atoms with van der Waals surface area (Å²) < 4.78 is 28.3. The molecule has 1 spiro atoms. The van der Waals surface area contributed by atoms with E-state index in [0.29, 0.717) is 12.5 Å². The van der Waals surface area contributed by atoms with Gasteiger partial charge in [-0.2, -0.15) is 0 Å². The molecule has 0 saturated carbocycles. The lowest BCUT2D eigenvalue weighted by Crippen LogP contribution is -2.51. The molecule has 4 fully saturated rings. The number of hydrogen-bond acceptors (Lipinski definition) is 5. The van der Waals surface area contributed by atoms with E-state index in [-0.39, 0.29) is 34.8 Å². The van der Waals surface area contributed by atoms with Crippen LogP contribution < -0.4 is 5.32 Å². The normalized spacial score (nSPS) is 37.4. The molecule has 1 amide bonds. The van der Waals surface area contributed by atoms with Crippen LogP contribution >= 0.6 is 0 Å². The number of fused-ring (bicyclic) bond motifs is 2. The van der Waals surface area contributed by atoms with Crippen molar-refractivity contribution in [2.45, 2.75) is 18.9 Å². The first kappa shape index (κ1) is 14.0. The zero-order valence-corrected chi connectivity index (χ0v) is 12.9. The molecule has 4 aliphatic heterocycles. The second kappa shape index (κ2) is 4.67. The van der Waals surface area contributed by atoms with Gasteiger partial charge in [-0.05, 0) is 31.3 Å². The minimum atomic E-state index is -2.95. The molecule has 7 heteroatoms. The van der Waals surface area contributed by atoms with Gasteiger partial charge in [-0.15, -0.1) is 0 Å². The van der Waals surface area contributed by atoms with Crippen LogP contribution in [0.15, 0.2) is 0 Å². The van der Waals surface area contributed by atoms with Gasteiger partial charge in [0.25, 0.3) is 0 Å². The van der Waals surface area contributed by atoms with Crippen LogP contribution in [0.3, 0.4) is 0 Å². The molecule has 0 radical (unpaired) electrons. The number of sulfone groups is 1. The molecular formula is C14H22N2O4S. The number of nitrogens with one attached hydrogen (secondary N) is 1. The maximum absolute atomic E-state index is 12.7. The quantitative estimate of drug-likeness (QED) is 0.690. The predicted molar refractivity (Wildman–Crippen MR) is 76.5 cm³/mol. The van der Waals surface area contributed by atoms with Crippen LogP contribution in [0.2, 0.25) is 0 Å². The van der Waals surface area contributed by atoms with Crippen LogP contribution in [0.25, 0.3) is 0 Å². The highest BCUT2D eigenvalue weighted by molar-refractivity contribution is 7.92. The number of ether oxygens (including phenoxy) is 1. The van der Waals surface area contributed by atoms with Gasteiger partial charge in [0.1, 0.15) is 0 Å². The van der Waals surface area contributed by atoms with Crippen molar-refractivity contribution < 1.29 is 17.9 Å². The largest absolute Gasteiger partial charge is 0.379 e. The first-order valence-electron chi connectivity index (χ1n) is 7.80. The fourth-order valence-electron chi connectivity index (χ4n) is 4.65. The first-order chi connectivity index (χ1) is 10.0. The van der Waals surface area contributed by atoms with E-state index in [2.05, 4.69) is 5.32 Å². The number of rotatable bonds is 1. The maximum atomic E-state index is 12.7. The van der Waals surface area contributed by atoms with Crippen molar-refractivity contribution in [2.75, 3.05) is 44.4 Å². The van der Waals surface area contributed by atoms with E-state index in [0.717, 1.165) is 39.1 Å². The molecular weight excluding hydrogens is 292 g/mol. The van der Waals surface area contributed by atoms with Gasteiger partial charge >= 0.3 is 0 Å². The second-order valence-corrected chi connectivity index (χ2v) is 9.22. The Kier molecular flexibility index (Phi) is 3.10. The van der Waals surface area contributed by atoms with E-state index < -0.39 is 9.84 Å². The van der Waals surface area contributed by atoms with Crippen LogP contribution in [0, 0.1) is 17.3 Å². The highest BCUT2D eigenvalue weighted by Crippen LogP contribution is 2.49. The van der Waals surface area contributed by atoms with E-state index >= 15 is 0 Å². The average Bonchev–Trinajstić information content (AvgIpc) is 3.00. The van der Waals surface area contributed by atoms with Crippen molar-refractivity contribution >= 4 is 15.7 Å². The Labute approximate surface area is 125 Å². The zero-order chi connectivity index (χ0) is 14.7. The summed E-state index contributed by atoms with van der Waals surface area (Å²) in [6, 6.07) is 0.166. The van der Waals surface area contributed by atoms with Gasteiger partial charge in [-0.25, -0.2) is 8.42 Å². The van der Waals surface area contributed by atoms with Crippen LogP contribution in [0.4, 0.5) is 0 Å². The van der Waals surface area contributed by atoms with Gasteiger partial charge in [-0.1, -0.05) is 0 Å². The summed E-state index contributed by atoms with van der Waals surface area (Å²) >= 11 is 0. The molecule has 0 bridgehead atoms. The standard InChI is InChI=1S/C14H22N2O4S/c17-13(10-7-21(18,19)8-10)16-9-14(1-3-15-4-2-14)11-5-20-6-12(11)16/h10-12,15H,1-9H2/t11-,12+/m0/s1. The monoisotopic (exact) mass is 314 g/mol. The molecule has 0 aromatic rings. The summed E-state index contributed by atoms with van der Waals surface area (Å²) in [4.78, 5) is 14.6. The molecule has 4 heterocycles. The van der Waals surface area contributed by atoms with Crippen molar-refractivity contribution in [2.24, 2.45) is 17.3 Å². The Balaban J connectivity index is 1.55. The number of carbonyl (C=O) groups is 1. The molecule has 21 heavy (non-hydrogen) atoms. The third kappa shape index (κ3) is 2.12. The topological polar surface area (TPSA) is 75.7 Å². The molecule has 4 aliphatic rings. The van der Waals surface area contributed by atoms with Crippen LogP contribution in [-0.2, 0) is 19.4 Å². The Morgan fingerprint density at radius 3 is 2.57 bits per heavy atom. The number of nitrogens with zero attached hydrogens (tertiary/aromatic N) is 1. The number of amides is 1. The van der Waals surface area contributed by atoms with E-state index in [4.69, 9.17) is 4.74 Å². The Hall–Kier alpha value is -0.660. The van der Waals surface area contributed by atoms with Crippen molar-refractivity contribution in [3.05, 3.63) is 0 Å². The van der Waals surface area contributed by atoms with Gasteiger partial charge in [-0.3, -0.25) is 4.79 Å². The Morgan fingerprint density at radius 2 is 1.90 bits per heavy atom. The Bertz CT molecular complexity index is 543. The summed E-state index contributed by atoms with van der Waals surface area (Å²) in [5.74, 6) is 0.235. The minimum absolute atomic E-state index is 0.0368. The second-order valence-electron chi connectivity index (χ2n) is 7.06. The number of piperidine rings is 1. The molecule has 2 atom stereocenters. The average molecular weight is 314 g/mol. The predicted octanol–water partition coefficient (Wildman–Crippen LogP) is -0.742. The summed E-state index contributed by atoms with van der Waals surface area (Å²) in [5, 5.41) is 3.39. The molecule has 1 N–H and O–H groups in total. The van der Waals surface area contributed by atoms with Crippen molar-refractivity contribution in [3.63, 3.8) is 0 Å². The molecule has 0 unspecified atom stereocenters. The third-order valence-electron chi connectivity index (χ3n) is 5.86. The third-order valence-corrected chi connectivity index (χ3v) is 7.68. The lowest BCUT2D eigenvalue weighted by atomic mass is 9.70. The first-order valence-corrected chi connectivity index (χ1v) is 9.62. The fraction of sp³-hybridized carbons (Fsp3) is 0.929. The number of carbonyl (C=O) groups excluding carboxylic acids is 1. The van der Waals surface area contributed by atoms with E-state index in [1.807, 2.05) is 4.90 Å². The molecule has 4 saturated heterocycles. The summed E-state index contributed by atoms with van der Waals surface area (Å²) in [5.41, 5.74) is 0.185. The molecule has 118 valence electrons. The van der Waals surface area contributed by atoms with Crippen LogP contribution in [0.5, 0.6) is 0 Å². The lowest BCUT2D eigenvalue weighted by molar-refractivity contribution is -0.136. The van der Waals surface area contributed by atoms with E-state index in [1.54, 1.807) is 0 Å². The van der Waals surface area contributed by atoms with Gasteiger partial charge in [0.05, 0.1) is 36.7 Å². The molecule has 0 aromatic carbocycles. The maximum Gasteiger partial charge on any atom is 0.228 e. The highest BCUT2D eigenvalue weighted by atomic mass is 32.2. The Morgan fingerprint density at radius 1 is 1.19 bits per heavy atom. The molecule has 4 rings (SSSR count). The van der Waals surface area contributed by atoms with Gasteiger partial charge in [0.15, 0.2) is 9.84 Å². The van der Waals surface area contributed by atoms with Crippen molar-refractivity contribution in [1.82, 2.24) is 10.2 Å². The summed E-state index contributed by atoms with van der Waals surface area (Å²) in [7, 11) is -2.95. The highest BCUT2D eigenvalue weighted by Gasteiger charge is 2.57. The van der Waals surface area contributed by atoms with E-state index in [1.165, 1.54) is 0 Å². The van der Waals surface area contributed by atoms with Crippen LogP contribution in [-0.4, -0.2) is 69.6 Å². The molecule has 0 aliphatic carbocycles. The zero-order valence-electron chi connectivity index (χ0n) is 12.1. The number of hydrogen-bond donors (Lipinski definition) is 1. The fourth-order valence-corrected chi connectivity index (χ4v) is 6.06. The summed E-state index contributed by atoms with van der Waals surface area (Å²) in [6.07, 6.45) is 2.18. The number of likely N-dealkylation sites (tertiary alicyclic amines) is 1. The van der Waals surface area contributed by atoms with Crippen LogP contribution in [0.1, 0.15) is 12.8 Å². The van der Waals surface area contributed by atoms with Crippen molar-refractivity contribution in [1.29, 1.82) is 0 Å².